The van der Waals surface area contributed by atoms with Crippen molar-refractivity contribution < 1.29 is 18.0 Å². The first-order valence-electron chi connectivity index (χ1n) is 9.11. The molecule has 1 fully saturated rings. The van der Waals surface area contributed by atoms with Crippen molar-refractivity contribution in [2.24, 2.45) is 0 Å². The van der Waals surface area contributed by atoms with Crippen molar-refractivity contribution in [1.29, 1.82) is 0 Å². The summed E-state index contributed by atoms with van der Waals surface area (Å²) in [5.41, 5.74) is 1.62. The number of carbonyl (C=O) groups is 1. The molecule has 2 heterocycles. The second-order valence-corrected chi connectivity index (χ2v) is 7.45. The number of alkyl halides is 3. The summed E-state index contributed by atoms with van der Waals surface area (Å²) in [5.74, 6) is 0.000245. The maximum Gasteiger partial charge on any atom is 0.416 e. The van der Waals surface area contributed by atoms with Crippen LogP contribution in [-0.2, 0) is 22.9 Å². The Morgan fingerprint density at radius 3 is 2.52 bits per heavy atom. The Hall–Kier alpha value is -2.34. The van der Waals surface area contributed by atoms with E-state index in [2.05, 4.69) is 5.32 Å². The van der Waals surface area contributed by atoms with Crippen molar-refractivity contribution in [2.45, 2.75) is 37.9 Å². The van der Waals surface area contributed by atoms with Gasteiger partial charge >= 0.3 is 6.18 Å². The number of rotatable bonds is 2. The highest BCUT2D eigenvalue weighted by atomic mass is 19.4. The Kier molecular flexibility index (Phi) is 4.26. The van der Waals surface area contributed by atoms with Crippen molar-refractivity contribution >= 4 is 11.6 Å². The Morgan fingerprint density at radius 2 is 1.81 bits per heavy atom. The van der Waals surface area contributed by atoms with E-state index in [4.69, 9.17) is 0 Å². The maximum atomic E-state index is 13.4. The number of anilines is 1. The van der Waals surface area contributed by atoms with Crippen LogP contribution in [0.3, 0.4) is 0 Å². The van der Waals surface area contributed by atoms with E-state index in [0.29, 0.717) is 24.0 Å². The molecule has 3 nitrogen and oxygen atoms in total. The molecule has 1 spiro atoms. The van der Waals surface area contributed by atoms with Gasteiger partial charge in [-0.15, -0.1) is 0 Å². The molecule has 0 radical (unpaired) electrons. The number of hydrogen-bond donors (Lipinski definition) is 1. The summed E-state index contributed by atoms with van der Waals surface area (Å²) in [6.45, 7) is 3.32. The minimum Gasteiger partial charge on any atom is -0.317 e. The number of benzene rings is 2. The molecule has 1 N–H and O–H groups in total. The Bertz CT molecular complexity index is 885. The molecule has 6 heteroatoms. The van der Waals surface area contributed by atoms with Crippen LogP contribution >= 0.6 is 0 Å². The highest BCUT2D eigenvalue weighted by Gasteiger charge is 2.50. The Morgan fingerprint density at radius 1 is 1.11 bits per heavy atom. The molecule has 2 aliphatic heterocycles. The molecule has 27 heavy (non-hydrogen) atoms. The lowest BCUT2D eigenvalue weighted by Crippen LogP contribution is -2.47. The van der Waals surface area contributed by atoms with E-state index in [1.54, 1.807) is 17.9 Å². The van der Waals surface area contributed by atoms with Crippen LogP contribution < -0.4 is 10.2 Å². The number of piperidine rings is 1. The van der Waals surface area contributed by atoms with Gasteiger partial charge in [0.2, 0.25) is 5.91 Å². The summed E-state index contributed by atoms with van der Waals surface area (Å²) in [6, 6.07) is 11.7. The number of hydrogen-bond acceptors (Lipinski definition) is 2. The fourth-order valence-electron chi connectivity index (χ4n) is 4.39. The summed E-state index contributed by atoms with van der Waals surface area (Å²) < 4.78 is 39.5. The number of carbonyl (C=O) groups excluding carboxylic acids is 1. The molecule has 2 aliphatic rings. The van der Waals surface area contributed by atoms with Crippen LogP contribution in [-0.4, -0.2) is 19.0 Å². The first kappa shape index (κ1) is 18.0. The van der Waals surface area contributed by atoms with Crippen molar-refractivity contribution in [3.63, 3.8) is 0 Å². The predicted molar refractivity (Wildman–Crippen MR) is 97.6 cm³/mol. The lowest BCUT2D eigenvalue weighted by molar-refractivity contribution is -0.137. The van der Waals surface area contributed by atoms with Gasteiger partial charge in [-0.25, -0.2) is 0 Å². The standard InChI is InChI=1S/C21H21F3N2O/c1-14-10-15(12-16(11-14)21(22,23)24)13-26-18-5-3-2-4-17(18)20(19(26)27)6-8-25-9-7-20/h2-5,10-12,25H,6-9,13H2,1H3. The zero-order valence-electron chi connectivity index (χ0n) is 15.1. The molecular formula is C21H21F3N2O. The third kappa shape index (κ3) is 3.02. The quantitative estimate of drug-likeness (QED) is 0.855. The molecular weight excluding hydrogens is 353 g/mol. The summed E-state index contributed by atoms with van der Waals surface area (Å²) >= 11 is 0. The summed E-state index contributed by atoms with van der Waals surface area (Å²) in [6.07, 6.45) is -2.98. The van der Waals surface area contributed by atoms with E-state index in [-0.39, 0.29) is 12.5 Å². The Labute approximate surface area is 156 Å². The van der Waals surface area contributed by atoms with Gasteiger partial charge in [-0.3, -0.25) is 4.79 Å². The van der Waals surface area contributed by atoms with E-state index in [1.807, 2.05) is 24.3 Å². The lowest BCUT2D eigenvalue weighted by Gasteiger charge is -2.33. The smallest absolute Gasteiger partial charge is 0.317 e. The van der Waals surface area contributed by atoms with Gasteiger partial charge in [-0.1, -0.05) is 29.8 Å². The molecule has 1 saturated heterocycles. The average molecular weight is 374 g/mol. The van der Waals surface area contributed by atoms with Crippen LogP contribution in [0.25, 0.3) is 0 Å². The summed E-state index contributed by atoms with van der Waals surface area (Å²) in [4.78, 5) is 15.0. The fraction of sp³-hybridized carbons (Fsp3) is 0.381. The molecule has 0 unspecified atom stereocenters. The van der Waals surface area contributed by atoms with Crippen LogP contribution in [0.5, 0.6) is 0 Å². The highest BCUT2D eigenvalue weighted by molar-refractivity contribution is 6.08. The van der Waals surface area contributed by atoms with Crippen molar-refractivity contribution in [3.05, 3.63) is 64.7 Å². The van der Waals surface area contributed by atoms with E-state index in [1.165, 1.54) is 0 Å². The van der Waals surface area contributed by atoms with E-state index in [9.17, 15) is 18.0 Å². The number of fused-ring (bicyclic) bond motifs is 2. The molecule has 1 amide bonds. The van der Waals surface area contributed by atoms with Crippen molar-refractivity contribution in [1.82, 2.24) is 5.32 Å². The first-order chi connectivity index (χ1) is 12.8. The zero-order chi connectivity index (χ0) is 19.2. The molecule has 0 bridgehead atoms. The number of amides is 1. The number of nitrogens with one attached hydrogen (secondary N) is 1. The van der Waals surface area contributed by atoms with Crippen molar-refractivity contribution in [3.8, 4) is 0 Å². The number of aryl methyl sites for hydroxylation is 1. The number of halogens is 3. The second-order valence-electron chi connectivity index (χ2n) is 7.45. The normalized spacial score (nSPS) is 18.8. The number of nitrogens with zero attached hydrogens (tertiary/aromatic N) is 1. The second kappa shape index (κ2) is 6.37. The number of para-hydroxylation sites is 1. The maximum absolute atomic E-state index is 13.4. The third-order valence-corrected chi connectivity index (χ3v) is 5.63. The van der Waals surface area contributed by atoms with Gasteiger partial charge in [-0.2, -0.15) is 13.2 Å². The predicted octanol–water partition coefficient (Wildman–Crippen LogP) is 4.18. The Balaban J connectivity index is 1.73. The largest absolute Gasteiger partial charge is 0.416 e. The average Bonchev–Trinajstić information content (AvgIpc) is 2.85. The zero-order valence-corrected chi connectivity index (χ0v) is 15.1. The van der Waals surface area contributed by atoms with Gasteiger partial charge in [0, 0.05) is 5.69 Å². The van der Waals surface area contributed by atoms with Gasteiger partial charge in [0.1, 0.15) is 0 Å². The van der Waals surface area contributed by atoms with Gasteiger partial charge in [0.05, 0.1) is 17.5 Å². The van der Waals surface area contributed by atoms with E-state index < -0.39 is 17.2 Å². The molecule has 142 valence electrons. The monoisotopic (exact) mass is 374 g/mol. The summed E-state index contributed by atoms with van der Waals surface area (Å²) in [7, 11) is 0. The van der Waals surface area contributed by atoms with Crippen LogP contribution in [0.4, 0.5) is 18.9 Å². The minimum absolute atomic E-state index is 0.000245. The molecule has 2 aromatic carbocycles. The molecule has 0 aromatic heterocycles. The van der Waals surface area contributed by atoms with Crippen LogP contribution in [0.2, 0.25) is 0 Å². The van der Waals surface area contributed by atoms with E-state index >= 15 is 0 Å². The minimum atomic E-state index is -4.40. The molecule has 0 atom stereocenters. The van der Waals surface area contributed by atoms with Crippen molar-refractivity contribution in [2.75, 3.05) is 18.0 Å². The van der Waals surface area contributed by atoms with Gasteiger partial charge < -0.3 is 10.2 Å². The lowest BCUT2D eigenvalue weighted by atomic mass is 9.74. The molecule has 4 rings (SSSR count). The molecule has 0 aliphatic carbocycles. The van der Waals surface area contributed by atoms with Gasteiger partial charge in [0.25, 0.3) is 0 Å². The van der Waals surface area contributed by atoms with E-state index in [0.717, 1.165) is 36.5 Å². The first-order valence-corrected chi connectivity index (χ1v) is 9.11. The topological polar surface area (TPSA) is 32.3 Å². The molecule has 0 saturated carbocycles. The van der Waals surface area contributed by atoms with Crippen LogP contribution in [0.15, 0.2) is 42.5 Å². The van der Waals surface area contributed by atoms with Crippen LogP contribution in [0, 0.1) is 6.92 Å². The van der Waals surface area contributed by atoms with Gasteiger partial charge in [-0.05, 0) is 62.2 Å². The highest BCUT2D eigenvalue weighted by Crippen LogP contribution is 2.47. The summed E-state index contributed by atoms with van der Waals surface area (Å²) in [5, 5.41) is 3.29. The SMILES string of the molecule is Cc1cc(CN2C(=O)C3(CCNCC3)c3ccccc32)cc(C(F)(F)F)c1. The third-order valence-electron chi connectivity index (χ3n) is 5.63. The fourth-order valence-corrected chi connectivity index (χ4v) is 4.39. The van der Waals surface area contributed by atoms with Gasteiger partial charge in [0.15, 0.2) is 0 Å². The molecule has 2 aromatic rings. The van der Waals surface area contributed by atoms with Crippen LogP contribution in [0.1, 0.15) is 35.1 Å².